The van der Waals surface area contributed by atoms with E-state index < -0.39 is 0 Å². The number of aromatic nitrogens is 5. The third kappa shape index (κ3) is 3.66. The van der Waals surface area contributed by atoms with E-state index >= 15 is 0 Å². The number of nitrogens with zero attached hydrogens (tertiary/aromatic N) is 5. The molecule has 3 heterocycles. The minimum Gasteiger partial charge on any atom is -0.481 e. The van der Waals surface area contributed by atoms with Crippen LogP contribution in [0.2, 0.25) is 0 Å². The predicted molar refractivity (Wildman–Crippen MR) is 97.0 cm³/mol. The first-order valence-corrected chi connectivity index (χ1v) is 8.59. The Labute approximate surface area is 148 Å². The van der Waals surface area contributed by atoms with Gasteiger partial charge in [-0.3, -0.25) is 0 Å². The van der Waals surface area contributed by atoms with E-state index in [-0.39, 0.29) is 0 Å². The Hall–Kier alpha value is -2.41. The first-order chi connectivity index (χ1) is 12.0. The monoisotopic (exact) mass is 342 g/mol. The maximum Gasteiger partial charge on any atom is 0.216 e. The molecule has 134 valence electrons. The van der Waals surface area contributed by atoms with Crippen molar-refractivity contribution in [2.45, 2.75) is 40.2 Å². The van der Waals surface area contributed by atoms with Crippen molar-refractivity contribution in [1.29, 1.82) is 0 Å². The van der Waals surface area contributed by atoms with Crippen molar-refractivity contribution >= 4 is 5.65 Å². The largest absolute Gasteiger partial charge is 0.481 e. The Bertz CT molecular complexity index is 879. The maximum atomic E-state index is 5.42. The van der Waals surface area contributed by atoms with Crippen molar-refractivity contribution in [3.05, 3.63) is 40.5 Å². The Morgan fingerprint density at radius 2 is 1.96 bits per heavy atom. The zero-order chi connectivity index (χ0) is 18.0. The van der Waals surface area contributed by atoms with Crippen LogP contribution in [0.25, 0.3) is 5.65 Å². The SMILES string of the molecule is COc1c(CNCCCc2cc3nc(C)cc(C)n3n2)c(C)nn1C. The van der Waals surface area contributed by atoms with Crippen LogP contribution in [0.3, 0.4) is 0 Å². The van der Waals surface area contributed by atoms with Gasteiger partial charge >= 0.3 is 0 Å². The van der Waals surface area contributed by atoms with Gasteiger partial charge in [-0.15, -0.1) is 0 Å². The van der Waals surface area contributed by atoms with Gasteiger partial charge in [-0.25, -0.2) is 14.2 Å². The van der Waals surface area contributed by atoms with Gasteiger partial charge in [-0.1, -0.05) is 0 Å². The highest BCUT2D eigenvalue weighted by molar-refractivity contribution is 5.41. The maximum absolute atomic E-state index is 5.42. The van der Waals surface area contributed by atoms with E-state index in [1.54, 1.807) is 11.8 Å². The van der Waals surface area contributed by atoms with Crippen molar-refractivity contribution in [2.75, 3.05) is 13.7 Å². The molecule has 0 amide bonds. The number of fused-ring (bicyclic) bond motifs is 1. The minimum absolute atomic E-state index is 0.758. The van der Waals surface area contributed by atoms with E-state index in [1.807, 2.05) is 25.4 Å². The molecule has 3 aromatic rings. The second-order valence-electron chi connectivity index (χ2n) is 6.42. The molecule has 1 N–H and O–H groups in total. The van der Waals surface area contributed by atoms with Crippen molar-refractivity contribution in [3.8, 4) is 5.88 Å². The molecule has 0 saturated carbocycles. The van der Waals surface area contributed by atoms with Gasteiger partial charge in [0.1, 0.15) is 0 Å². The zero-order valence-electron chi connectivity index (χ0n) is 15.6. The molecule has 0 unspecified atom stereocenters. The summed E-state index contributed by atoms with van der Waals surface area (Å²) in [5.41, 5.74) is 6.27. The average molecular weight is 342 g/mol. The van der Waals surface area contributed by atoms with E-state index in [9.17, 15) is 0 Å². The Morgan fingerprint density at radius 3 is 2.72 bits per heavy atom. The predicted octanol–water partition coefficient (Wildman–Crippen LogP) is 2.12. The van der Waals surface area contributed by atoms with Crippen molar-refractivity contribution in [1.82, 2.24) is 29.7 Å². The van der Waals surface area contributed by atoms with Gasteiger partial charge in [0.25, 0.3) is 0 Å². The average Bonchev–Trinajstić information content (AvgIpc) is 3.07. The number of rotatable bonds is 7. The summed E-state index contributed by atoms with van der Waals surface area (Å²) >= 11 is 0. The smallest absolute Gasteiger partial charge is 0.216 e. The molecule has 3 rings (SSSR count). The lowest BCUT2D eigenvalue weighted by molar-refractivity contribution is 0.368. The third-order valence-corrected chi connectivity index (χ3v) is 4.35. The topological polar surface area (TPSA) is 69.3 Å². The van der Waals surface area contributed by atoms with Crippen LogP contribution in [-0.2, 0) is 20.0 Å². The molecule has 0 aliphatic heterocycles. The molecule has 7 nitrogen and oxygen atoms in total. The van der Waals surface area contributed by atoms with Gasteiger partial charge in [-0.05, 0) is 46.2 Å². The number of methoxy groups -OCH3 is 1. The molecule has 0 bridgehead atoms. The first-order valence-electron chi connectivity index (χ1n) is 8.59. The number of hydrogen-bond acceptors (Lipinski definition) is 5. The number of nitrogens with one attached hydrogen (secondary N) is 1. The first kappa shape index (κ1) is 17.4. The normalized spacial score (nSPS) is 11.4. The molecular weight excluding hydrogens is 316 g/mol. The summed E-state index contributed by atoms with van der Waals surface area (Å²) in [7, 11) is 3.58. The van der Waals surface area contributed by atoms with Crippen molar-refractivity contribution in [3.63, 3.8) is 0 Å². The lowest BCUT2D eigenvalue weighted by Gasteiger charge is -2.06. The standard InChI is InChI=1S/C18H26N6O/c1-12-9-13(2)24-17(20-12)10-15(22-24)7-6-8-19-11-16-14(3)21-23(4)18(16)25-5/h9-10,19H,6-8,11H2,1-5H3. The lowest BCUT2D eigenvalue weighted by Crippen LogP contribution is -2.16. The van der Waals surface area contributed by atoms with E-state index in [1.165, 1.54) is 0 Å². The van der Waals surface area contributed by atoms with Crippen LogP contribution >= 0.6 is 0 Å². The second kappa shape index (κ2) is 7.23. The molecule has 0 aromatic carbocycles. The summed E-state index contributed by atoms with van der Waals surface area (Å²) in [5, 5.41) is 12.5. The van der Waals surface area contributed by atoms with E-state index in [2.05, 4.69) is 39.6 Å². The molecule has 0 radical (unpaired) electrons. The third-order valence-electron chi connectivity index (χ3n) is 4.35. The van der Waals surface area contributed by atoms with Gasteiger partial charge in [0, 0.05) is 31.0 Å². The summed E-state index contributed by atoms with van der Waals surface area (Å²) in [5.74, 6) is 0.822. The molecule has 0 aliphatic carbocycles. The molecule has 0 saturated heterocycles. The fourth-order valence-corrected chi connectivity index (χ4v) is 3.20. The van der Waals surface area contributed by atoms with E-state index in [0.717, 1.165) is 65.8 Å². The molecule has 0 spiro atoms. The minimum atomic E-state index is 0.758. The Balaban J connectivity index is 1.53. The van der Waals surface area contributed by atoms with Crippen LogP contribution < -0.4 is 10.1 Å². The molecule has 7 heteroatoms. The van der Waals surface area contributed by atoms with Crippen LogP contribution in [0.1, 0.15) is 34.8 Å². The van der Waals surface area contributed by atoms with Gasteiger partial charge in [0.15, 0.2) is 5.65 Å². The summed E-state index contributed by atoms with van der Waals surface area (Å²) in [6, 6.07) is 4.13. The highest BCUT2D eigenvalue weighted by Crippen LogP contribution is 2.20. The molecular formula is C18H26N6O. The van der Waals surface area contributed by atoms with E-state index in [0.29, 0.717) is 0 Å². The number of ether oxygens (including phenoxy) is 1. The van der Waals surface area contributed by atoms with Crippen LogP contribution in [0.4, 0.5) is 0 Å². The Kier molecular flexibility index (Phi) is 5.03. The number of hydrogen-bond donors (Lipinski definition) is 1. The van der Waals surface area contributed by atoms with Crippen LogP contribution in [0.5, 0.6) is 5.88 Å². The fourth-order valence-electron chi connectivity index (χ4n) is 3.20. The molecule has 25 heavy (non-hydrogen) atoms. The molecule has 0 atom stereocenters. The van der Waals surface area contributed by atoms with Crippen LogP contribution in [0.15, 0.2) is 12.1 Å². The van der Waals surface area contributed by atoms with Crippen molar-refractivity contribution in [2.24, 2.45) is 7.05 Å². The van der Waals surface area contributed by atoms with Crippen LogP contribution in [-0.4, -0.2) is 38.0 Å². The fraction of sp³-hybridized carbons (Fsp3) is 0.500. The summed E-state index contributed by atoms with van der Waals surface area (Å²) in [4.78, 5) is 4.53. The Morgan fingerprint density at radius 1 is 1.16 bits per heavy atom. The van der Waals surface area contributed by atoms with Gasteiger partial charge in [-0.2, -0.15) is 10.2 Å². The number of aryl methyl sites for hydroxylation is 5. The highest BCUT2D eigenvalue weighted by Gasteiger charge is 2.13. The molecule has 3 aromatic heterocycles. The summed E-state index contributed by atoms with van der Waals surface area (Å²) in [6.45, 7) is 7.75. The van der Waals surface area contributed by atoms with E-state index in [4.69, 9.17) is 4.74 Å². The molecule has 0 fully saturated rings. The lowest BCUT2D eigenvalue weighted by atomic mass is 10.2. The van der Waals surface area contributed by atoms with Gasteiger partial charge in [0.05, 0.1) is 24.1 Å². The zero-order valence-corrected chi connectivity index (χ0v) is 15.6. The van der Waals surface area contributed by atoms with Crippen molar-refractivity contribution < 1.29 is 4.74 Å². The van der Waals surface area contributed by atoms with Crippen LogP contribution in [0, 0.1) is 20.8 Å². The van der Waals surface area contributed by atoms with Gasteiger partial charge < -0.3 is 10.1 Å². The summed E-state index contributed by atoms with van der Waals surface area (Å²) < 4.78 is 9.11. The van der Waals surface area contributed by atoms with Gasteiger partial charge in [0.2, 0.25) is 5.88 Å². The molecule has 0 aliphatic rings. The summed E-state index contributed by atoms with van der Waals surface area (Å²) in [6.07, 6.45) is 1.95. The second-order valence-corrected chi connectivity index (χ2v) is 6.42. The highest BCUT2D eigenvalue weighted by atomic mass is 16.5. The quantitative estimate of drug-likeness (QED) is 0.666.